The van der Waals surface area contributed by atoms with E-state index in [1.807, 2.05) is 0 Å². The molecule has 1 aromatic carbocycles. The maximum atomic E-state index is 13.4. The topological polar surface area (TPSA) is 151 Å². The van der Waals surface area contributed by atoms with E-state index in [4.69, 9.17) is 14.4 Å². The van der Waals surface area contributed by atoms with Gasteiger partial charge in [0.15, 0.2) is 0 Å². The van der Waals surface area contributed by atoms with Crippen molar-refractivity contribution < 1.29 is 23.6 Å². The van der Waals surface area contributed by atoms with Crippen molar-refractivity contribution in [2.24, 2.45) is 0 Å². The monoisotopic (exact) mass is 411 g/mol. The molecule has 4 aromatic rings. The molecule has 0 saturated heterocycles. The van der Waals surface area contributed by atoms with Gasteiger partial charge in [0.25, 0.3) is 12.4 Å². The Morgan fingerprint density at radius 2 is 2.07 bits per heavy atom. The van der Waals surface area contributed by atoms with E-state index in [-0.39, 0.29) is 30.0 Å². The van der Waals surface area contributed by atoms with Gasteiger partial charge in [0.1, 0.15) is 11.5 Å². The standard InChI is InChI=1S/C18H12FN5O3.CH2O2/c19-10-4-5-11-12(8-15(25)22-14(11)7-10)18(26)21-9-16-23-17(24-27-16)13-3-1-2-6-20-13;2-1-3/h1-8H,9H2,(H,21,26)(H,22,25);1H,(H,2,3). The normalized spacial score (nSPS) is 10.2. The second-order valence-corrected chi connectivity index (χ2v) is 5.75. The van der Waals surface area contributed by atoms with Crippen LogP contribution in [0.4, 0.5) is 4.39 Å². The van der Waals surface area contributed by atoms with Gasteiger partial charge >= 0.3 is 0 Å². The minimum absolute atomic E-state index is 0.0336. The molecule has 3 heterocycles. The highest BCUT2D eigenvalue weighted by Crippen LogP contribution is 2.17. The lowest BCUT2D eigenvalue weighted by Gasteiger charge is -2.06. The number of nitrogens with zero attached hydrogens (tertiary/aromatic N) is 3. The molecule has 4 rings (SSSR count). The number of halogens is 1. The van der Waals surface area contributed by atoms with Crippen molar-refractivity contribution in [3.8, 4) is 11.5 Å². The number of hydrogen-bond acceptors (Lipinski definition) is 7. The molecular formula is C19H14FN5O5. The number of carboxylic acid groups (broad SMARTS) is 1. The number of hydrogen-bond donors (Lipinski definition) is 3. The summed E-state index contributed by atoms with van der Waals surface area (Å²) >= 11 is 0. The maximum Gasteiger partial charge on any atom is 0.290 e. The lowest BCUT2D eigenvalue weighted by molar-refractivity contribution is -0.122. The molecule has 11 heteroatoms. The van der Waals surface area contributed by atoms with Crippen LogP contribution in [-0.4, -0.2) is 37.6 Å². The smallest absolute Gasteiger partial charge is 0.290 e. The number of aromatic nitrogens is 4. The molecule has 0 aliphatic rings. The van der Waals surface area contributed by atoms with E-state index in [0.717, 1.165) is 12.1 Å². The van der Waals surface area contributed by atoms with E-state index < -0.39 is 17.3 Å². The molecule has 0 spiro atoms. The van der Waals surface area contributed by atoms with E-state index in [9.17, 15) is 14.0 Å². The fourth-order valence-corrected chi connectivity index (χ4v) is 2.60. The van der Waals surface area contributed by atoms with Crippen LogP contribution in [0.3, 0.4) is 0 Å². The molecule has 30 heavy (non-hydrogen) atoms. The number of H-pyrrole nitrogens is 1. The maximum absolute atomic E-state index is 13.4. The Labute approximate surface area is 167 Å². The van der Waals surface area contributed by atoms with Gasteiger partial charge < -0.3 is 19.9 Å². The Morgan fingerprint density at radius 1 is 1.27 bits per heavy atom. The zero-order valence-corrected chi connectivity index (χ0v) is 15.2. The third-order valence-corrected chi connectivity index (χ3v) is 3.81. The van der Waals surface area contributed by atoms with Gasteiger partial charge in [-0.05, 0) is 30.3 Å². The van der Waals surface area contributed by atoms with Crippen molar-refractivity contribution in [3.05, 3.63) is 76.3 Å². The number of benzene rings is 1. The third-order valence-electron chi connectivity index (χ3n) is 3.81. The number of amides is 1. The highest BCUT2D eigenvalue weighted by molar-refractivity contribution is 6.05. The van der Waals surface area contributed by atoms with E-state index in [0.29, 0.717) is 16.9 Å². The summed E-state index contributed by atoms with van der Waals surface area (Å²) in [6, 6.07) is 10.3. The summed E-state index contributed by atoms with van der Waals surface area (Å²) in [5.74, 6) is -0.542. The molecule has 3 aromatic heterocycles. The quantitative estimate of drug-likeness (QED) is 0.430. The number of fused-ring (bicyclic) bond motifs is 1. The molecule has 0 saturated carbocycles. The summed E-state index contributed by atoms with van der Waals surface area (Å²) in [6.45, 7) is -0.284. The zero-order valence-electron chi connectivity index (χ0n) is 15.2. The first-order chi connectivity index (χ1) is 14.5. The zero-order chi connectivity index (χ0) is 21.5. The van der Waals surface area contributed by atoms with Crippen molar-refractivity contribution in [1.29, 1.82) is 0 Å². The molecule has 3 N–H and O–H groups in total. The molecule has 0 aliphatic carbocycles. The molecule has 1 amide bonds. The largest absolute Gasteiger partial charge is 0.483 e. The van der Waals surface area contributed by atoms with E-state index in [1.165, 1.54) is 12.1 Å². The molecule has 0 atom stereocenters. The predicted octanol–water partition coefficient (Wildman–Crippen LogP) is 1.74. The van der Waals surface area contributed by atoms with Gasteiger partial charge in [-0.2, -0.15) is 4.98 Å². The minimum Gasteiger partial charge on any atom is -0.483 e. The van der Waals surface area contributed by atoms with Crippen molar-refractivity contribution in [2.45, 2.75) is 6.54 Å². The first kappa shape index (κ1) is 20.3. The molecule has 0 radical (unpaired) electrons. The second kappa shape index (κ2) is 9.19. The summed E-state index contributed by atoms with van der Waals surface area (Å²) in [5.41, 5.74) is 0.399. The Kier molecular flexibility index (Phi) is 6.23. The molecule has 0 unspecified atom stereocenters. The Balaban J connectivity index is 0.000000806. The van der Waals surface area contributed by atoms with Crippen molar-refractivity contribution in [3.63, 3.8) is 0 Å². The van der Waals surface area contributed by atoms with Crippen LogP contribution in [0.15, 0.2) is 58.0 Å². The van der Waals surface area contributed by atoms with Crippen molar-refractivity contribution in [2.75, 3.05) is 0 Å². The first-order valence-corrected chi connectivity index (χ1v) is 8.44. The van der Waals surface area contributed by atoms with Gasteiger partial charge in [0.2, 0.25) is 17.3 Å². The van der Waals surface area contributed by atoms with Gasteiger partial charge in [-0.1, -0.05) is 11.2 Å². The van der Waals surface area contributed by atoms with Crippen LogP contribution in [0, 0.1) is 5.82 Å². The average Bonchev–Trinajstić information content (AvgIpc) is 3.21. The Hall–Kier alpha value is -4.41. The average molecular weight is 411 g/mol. The second-order valence-electron chi connectivity index (χ2n) is 5.75. The van der Waals surface area contributed by atoms with Crippen LogP contribution >= 0.6 is 0 Å². The van der Waals surface area contributed by atoms with Crippen LogP contribution in [0.25, 0.3) is 22.4 Å². The fourth-order valence-electron chi connectivity index (χ4n) is 2.60. The lowest BCUT2D eigenvalue weighted by atomic mass is 10.1. The highest BCUT2D eigenvalue weighted by atomic mass is 19.1. The van der Waals surface area contributed by atoms with Crippen LogP contribution < -0.4 is 10.9 Å². The van der Waals surface area contributed by atoms with Gasteiger partial charge in [0, 0.05) is 17.6 Å². The van der Waals surface area contributed by atoms with Crippen molar-refractivity contribution in [1.82, 2.24) is 25.4 Å². The van der Waals surface area contributed by atoms with Gasteiger partial charge in [-0.15, -0.1) is 0 Å². The van der Waals surface area contributed by atoms with Crippen LogP contribution in [-0.2, 0) is 11.3 Å². The number of aromatic amines is 1. The minimum atomic E-state index is -0.518. The number of carbonyl (C=O) groups excluding carboxylic acids is 1. The Bertz CT molecular complexity index is 1240. The fraction of sp³-hybridized carbons (Fsp3) is 0.0526. The van der Waals surface area contributed by atoms with E-state index in [1.54, 1.807) is 24.4 Å². The summed E-state index contributed by atoms with van der Waals surface area (Å²) in [7, 11) is 0. The first-order valence-electron chi connectivity index (χ1n) is 8.44. The molecule has 10 nitrogen and oxygen atoms in total. The van der Waals surface area contributed by atoms with Crippen molar-refractivity contribution >= 4 is 23.3 Å². The number of rotatable bonds is 4. The predicted molar refractivity (Wildman–Crippen MR) is 102 cm³/mol. The summed E-state index contributed by atoms with van der Waals surface area (Å²) in [5, 5.41) is 13.7. The van der Waals surface area contributed by atoms with Crippen LogP contribution in [0.5, 0.6) is 0 Å². The van der Waals surface area contributed by atoms with E-state index >= 15 is 0 Å². The molecular weight excluding hydrogens is 397 g/mol. The van der Waals surface area contributed by atoms with Crippen LogP contribution in [0.1, 0.15) is 16.2 Å². The van der Waals surface area contributed by atoms with Gasteiger partial charge in [-0.25, -0.2) is 4.39 Å². The number of nitrogens with one attached hydrogen (secondary N) is 2. The van der Waals surface area contributed by atoms with Gasteiger partial charge in [0.05, 0.1) is 17.6 Å². The summed E-state index contributed by atoms with van der Waals surface area (Å²) < 4.78 is 18.5. The van der Waals surface area contributed by atoms with Gasteiger partial charge in [-0.3, -0.25) is 19.4 Å². The lowest BCUT2D eigenvalue weighted by Crippen LogP contribution is -2.25. The van der Waals surface area contributed by atoms with E-state index in [2.05, 4.69) is 25.4 Å². The SMILES string of the molecule is O=C(NCc1nc(-c2ccccn2)no1)c1cc(=O)[nH]c2cc(F)ccc12.O=CO. The Morgan fingerprint density at radius 3 is 2.80 bits per heavy atom. The number of carbonyl (C=O) groups is 2. The summed E-state index contributed by atoms with van der Waals surface area (Å²) in [6.07, 6.45) is 1.61. The molecule has 0 fully saturated rings. The highest BCUT2D eigenvalue weighted by Gasteiger charge is 2.15. The summed E-state index contributed by atoms with van der Waals surface area (Å²) in [4.78, 5) is 43.4. The molecule has 0 aliphatic heterocycles. The van der Waals surface area contributed by atoms with Crippen LogP contribution in [0.2, 0.25) is 0 Å². The molecule has 0 bridgehead atoms. The third kappa shape index (κ3) is 4.70. The number of pyridine rings is 2. The molecule has 152 valence electrons.